The molecule has 1 amide bonds. The van der Waals surface area contributed by atoms with Gasteiger partial charge in [-0.05, 0) is 32.4 Å². The van der Waals surface area contributed by atoms with Crippen LogP contribution in [0.3, 0.4) is 0 Å². The molecule has 24 heavy (non-hydrogen) atoms. The summed E-state index contributed by atoms with van der Waals surface area (Å²) in [5, 5.41) is 6.58. The molecule has 2 atom stereocenters. The zero-order valence-corrected chi connectivity index (χ0v) is 14.7. The van der Waals surface area contributed by atoms with Crippen molar-refractivity contribution in [3.63, 3.8) is 0 Å². The summed E-state index contributed by atoms with van der Waals surface area (Å²) >= 11 is 0. The summed E-state index contributed by atoms with van der Waals surface area (Å²) in [6, 6.07) is 5.41. The van der Waals surface area contributed by atoms with Gasteiger partial charge in [-0.15, -0.1) is 12.4 Å². The summed E-state index contributed by atoms with van der Waals surface area (Å²) in [6.07, 6.45) is 1.38. The summed E-state index contributed by atoms with van der Waals surface area (Å²) < 4.78 is 18.4. The van der Waals surface area contributed by atoms with Crippen molar-refractivity contribution in [1.82, 2.24) is 15.5 Å². The lowest BCUT2D eigenvalue weighted by Gasteiger charge is -2.24. The molecule has 8 heteroatoms. The number of nitrogens with zero attached hydrogens (tertiary/aromatic N) is 2. The summed E-state index contributed by atoms with van der Waals surface area (Å²) in [5.41, 5.74) is 5.55. The van der Waals surface area contributed by atoms with E-state index in [1.807, 2.05) is 6.92 Å². The normalized spacial score (nSPS) is 14.4. The van der Waals surface area contributed by atoms with Crippen LogP contribution in [0.15, 0.2) is 28.8 Å². The van der Waals surface area contributed by atoms with E-state index in [-0.39, 0.29) is 35.8 Å². The van der Waals surface area contributed by atoms with E-state index < -0.39 is 11.6 Å². The largest absolute Gasteiger partial charge is 0.343 e. The van der Waals surface area contributed by atoms with Crippen LogP contribution in [0.25, 0.3) is 11.4 Å². The SMILES string of the molecule is CCCC(C)(N)C(=O)NC(C)c1nc(-c2cccc(F)c2)no1.Cl. The van der Waals surface area contributed by atoms with Crippen molar-refractivity contribution in [1.29, 1.82) is 0 Å². The van der Waals surface area contributed by atoms with E-state index in [1.54, 1.807) is 26.0 Å². The molecule has 0 fully saturated rings. The lowest BCUT2D eigenvalue weighted by atomic mass is 9.96. The van der Waals surface area contributed by atoms with Crippen LogP contribution in [0.5, 0.6) is 0 Å². The van der Waals surface area contributed by atoms with Crippen molar-refractivity contribution < 1.29 is 13.7 Å². The third-order valence-corrected chi connectivity index (χ3v) is 3.53. The van der Waals surface area contributed by atoms with Crippen molar-refractivity contribution in [3.05, 3.63) is 36.0 Å². The Balaban J connectivity index is 0.00000288. The fourth-order valence-corrected chi connectivity index (χ4v) is 2.21. The number of hydrogen-bond donors (Lipinski definition) is 2. The van der Waals surface area contributed by atoms with Gasteiger partial charge in [0.1, 0.15) is 11.9 Å². The number of nitrogens with one attached hydrogen (secondary N) is 1. The molecule has 0 aliphatic rings. The molecule has 1 aromatic heterocycles. The van der Waals surface area contributed by atoms with Gasteiger partial charge in [-0.3, -0.25) is 4.79 Å². The van der Waals surface area contributed by atoms with Crippen LogP contribution in [0, 0.1) is 5.82 Å². The average Bonchev–Trinajstić information content (AvgIpc) is 2.97. The van der Waals surface area contributed by atoms with E-state index in [2.05, 4.69) is 15.5 Å². The fourth-order valence-electron chi connectivity index (χ4n) is 2.21. The predicted molar refractivity (Wildman–Crippen MR) is 91.0 cm³/mol. The maximum absolute atomic E-state index is 13.2. The maximum Gasteiger partial charge on any atom is 0.249 e. The third-order valence-electron chi connectivity index (χ3n) is 3.53. The molecule has 0 radical (unpaired) electrons. The van der Waals surface area contributed by atoms with Crippen LogP contribution in [-0.4, -0.2) is 21.6 Å². The molecule has 0 aliphatic carbocycles. The molecule has 2 rings (SSSR count). The minimum absolute atomic E-state index is 0. The summed E-state index contributed by atoms with van der Waals surface area (Å²) in [6.45, 7) is 5.37. The molecule has 0 spiro atoms. The van der Waals surface area contributed by atoms with Gasteiger partial charge in [0, 0.05) is 5.56 Å². The number of rotatable bonds is 6. The topological polar surface area (TPSA) is 94.0 Å². The van der Waals surface area contributed by atoms with Gasteiger partial charge in [0.2, 0.25) is 17.6 Å². The average molecular weight is 357 g/mol. The number of carbonyl (C=O) groups excluding carboxylic acids is 1. The molecular formula is C16H22ClFN4O2. The number of halogens is 2. The van der Waals surface area contributed by atoms with E-state index >= 15 is 0 Å². The Hall–Kier alpha value is -1.99. The van der Waals surface area contributed by atoms with Gasteiger partial charge in [-0.25, -0.2) is 4.39 Å². The first-order chi connectivity index (χ1) is 10.8. The second-order valence-electron chi connectivity index (χ2n) is 5.83. The molecule has 1 aromatic carbocycles. The highest BCUT2D eigenvalue weighted by Crippen LogP contribution is 2.20. The second kappa shape index (κ2) is 8.21. The number of amides is 1. The van der Waals surface area contributed by atoms with Crippen LogP contribution >= 0.6 is 12.4 Å². The van der Waals surface area contributed by atoms with E-state index in [1.165, 1.54) is 12.1 Å². The van der Waals surface area contributed by atoms with Gasteiger partial charge >= 0.3 is 0 Å². The second-order valence-corrected chi connectivity index (χ2v) is 5.83. The molecule has 0 saturated carbocycles. The van der Waals surface area contributed by atoms with Crippen LogP contribution in [0.1, 0.15) is 45.5 Å². The Morgan fingerprint density at radius 2 is 2.21 bits per heavy atom. The van der Waals surface area contributed by atoms with Crippen molar-refractivity contribution in [2.24, 2.45) is 5.73 Å². The van der Waals surface area contributed by atoms with Crippen LogP contribution in [0.4, 0.5) is 4.39 Å². The van der Waals surface area contributed by atoms with Crippen LogP contribution in [-0.2, 0) is 4.79 Å². The minimum Gasteiger partial charge on any atom is -0.343 e. The van der Waals surface area contributed by atoms with Gasteiger partial charge < -0.3 is 15.6 Å². The monoisotopic (exact) mass is 356 g/mol. The van der Waals surface area contributed by atoms with Crippen LogP contribution in [0.2, 0.25) is 0 Å². The summed E-state index contributed by atoms with van der Waals surface area (Å²) in [5.74, 6) is -0.152. The van der Waals surface area contributed by atoms with Crippen molar-refractivity contribution in [2.45, 2.75) is 45.2 Å². The molecule has 6 nitrogen and oxygen atoms in total. The number of carbonyl (C=O) groups is 1. The highest BCUT2D eigenvalue weighted by molar-refractivity contribution is 5.86. The maximum atomic E-state index is 13.2. The molecule has 1 heterocycles. The Morgan fingerprint density at radius 1 is 1.50 bits per heavy atom. The van der Waals surface area contributed by atoms with E-state index in [0.29, 0.717) is 12.0 Å². The Morgan fingerprint density at radius 3 is 2.83 bits per heavy atom. The van der Waals surface area contributed by atoms with Crippen molar-refractivity contribution in [2.75, 3.05) is 0 Å². The minimum atomic E-state index is -0.950. The van der Waals surface area contributed by atoms with Crippen molar-refractivity contribution in [3.8, 4) is 11.4 Å². The van der Waals surface area contributed by atoms with Gasteiger partial charge in [0.05, 0.1) is 5.54 Å². The molecule has 2 aromatic rings. The zero-order valence-electron chi connectivity index (χ0n) is 13.9. The predicted octanol–water partition coefficient (Wildman–Crippen LogP) is 2.99. The first kappa shape index (κ1) is 20.1. The first-order valence-electron chi connectivity index (χ1n) is 7.53. The number of benzene rings is 1. The molecule has 0 saturated heterocycles. The fraction of sp³-hybridized carbons (Fsp3) is 0.438. The molecule has 0 bridgehead atoms. The smallest absolute Gasteiger partial charge is 0.249 e. The summed E-state index contributed by atoms with van der Waals surface area (Å²) in [4.78, 5) is 16.4. The highest BCUT2D eigenvalue weighted by Gasteiger charge is 2.29. The van der Waals surface area contributed by atoms with E-state index in [0.717, 1.165) is 6.42 Å². The Kier molecular flexibility index (Phi) is 6.86. The highest BCUT2D eigenvalue weighted by atomic mass is 35.5. The molecular weight excluding hydrogens is 335 g/mol. The Bertz CT molecular complexity index is 690. The molecule has 132 valence electrons. The van der Waals surface area contributed by atoms with Crippen LogP contribution < -0.4 is 11.1 Å². The van der Waals surface area contributed by atoms with Gasteiger partial charge in [-0.1, -0.05) is 30.6 Å². The van der Waals surface area contributed by atoms with Gasteiger partial charge in [0.15, 0.2) is 0 Å². The molecule has 0 aliphatic heterocycles. The van der Waals surface area contributed by atoms with Crippen molar-refractivity contribution >= 4 is 18.3 Å². The molecule has 3 N–H and O–H groups in total. The Labute approximate surface area is 146 Å². The number of nitrogens with two attached hydrogens (primary N) is 1. The third kappa shape index (κ3) is 4.75. The number of aromatic nitrogens is 2. The lowest BCUT2D eigenvalue weighted by Crippen LogP contribution is -2.52. The van der Waals surface area contributed by atoms with Gasteiger partial charge in [-0.2, -0.15) is 4.98 Å². The van der Waals surface area contributed by atoms with E-state index in [9.17, 15) is 9.18 Å². The standard InChI is InChI=1S/C16H21FN4O2.ClH/c1-4-8-16(3,18)15(22)19-10(2)14-20-13(21-23-14)11-6-5-7-12(17)9-11;/h5-7,9-10H,4,8,18H2,1-3H3,(H,19,22);1H. The molecule has 2 unspecified atom stereocenters. The quantitative estimate of drug-likeness (QED) is 0.829. The lowest BCUT2D eigenvalue weighted by molar-refractivity contribution is -0.126. The number of hydrogen-bond acceptors (Lipinski definition) is 5. The summed E-state index contributed by atoms with van der Waals surface area (Å²) in [7, 11) is 0. The zero-order chi connectivity index (χ0) is 17.0. The van der Waals surface area contributed by atoms with E-state index in [4.69, 9.17) is 10.3 Å². The first-order valence-corrected chi connectivity index (χ1v) is 7.53. The van der Waals surface area contributed by atoms with Gasteiger partial charge in [0.25, 0.3) is 0 Å².